The van der Waals surface area contributed by atoms with E-state index >= 15 is 0 Å². The van der Waals surface area contributed by atoms with Crippen molar-refractivity contribution in [1.82, 2.24) is 0 Å². The van der Waals surface area contributed by atoms with Gasteiger partial charge in [0.05, 0.1) is 11.2 Å². The number of hydrogen-bond donors (Lipinski definition) is 1. The zero-order valence-corrected chi connectivity index (χ0v) is 14.6. The molecule has 0 bridgehead atoms. The Hall–Kier alpha value is -1.60. The molecule has 1 unspecified atom stereocenters. The molecule has 0 aromatic heterocycles. The van der Waals surface area contributed by atoms with Crippen molar-refractivity contribution in [3.05, 3.63) is 29.3 Å². The topological polar surface area (TPSA) is 49.8 Å². The first-order valence-corrected chi connectivity index (χ1v) is 8.28. The fraction of sp³-hybridized carbons (Fsp3) is 0.611. The number of carbonyl (C=O) groups excluding carboxylic acids is 1. The number of nitrogens with zero attached hydrogens (tertiary/aromatic N) is 1. The van der Waals surface area contributed by atoms with Gasteiger partial charge in [-0.25, -0.2) is 0 Å². The maximum absolute atomic E-state index is 12.9. The van der Waals surface area contributed by atoms with Gasteiger partial charge >= 0.3 is 6.18 Å². The minimum atomic E-state index is -4.45. The van der Waals surface area contributed by atoms with Gasteiger partial charge in [0, 0.05) is 30.3 Å². The summed E-state index contributed by atoms with van der Waals surface area (Å²) >= 11 is 0. The molecule has 1 fully saturated rings. The van der Waals surface area contributed by atoms with E-state index in [0.717, 1.165) is 12.1 Å². The fourth-order valence-electron chi connectivity index (χ4n) is 2.98. The van der Waals surface area contributed by atoms with Crippen molar-refractivity contribution >= 4 is 12.0 Å². The average molecular weight is 359 g/mol. The lowest BCUT2D eigenvalue weighted by Crippen LogP contribution is -2.41. The van der Waals surface area contributed by atoms with Gasteiger partial charge < -0.3 is 14.7 Å². The lowest BCUT2D eigenvalue weighted by molar-refractivity contribution is -0.194. The van der Waals surface area contributed by atoms with Crippen LogP contribution in [0.15, 0.2) is 18.2 Å². The van der Waals surface area contributed by atoms with Gasteiger partial charge in [-0.1, -0.05) is 0 Å². The van der Waals surface area contributed by atoms with Crippen LogP contribution >= 0.6 is 0 Å². The molecule has 1 saturated heterocycles. The first-order chi connectivity index (χ1) is 11.5. The molecule has 1 heterocycles. The molecule has 1 atom stereocenters. The van der Waals surface area contributed by atoms with E-state index in [2.05, 4.69) is 0 Å². The van der Waals surface area contributed by atoms with Gasteiger partial charge in [-0.15, -0.1) is 0 Å². The maximum Gasteiger partial charge on any atom is 0.416 e. The molecule has 0 radical (unpaired) electrons. The Labute approximate surface area is 145 Å². The van der Waals surface area contributed by atoms with E-state index in [-0.39, 0.29) is 17.2 Å². The normalized spacial score (nSPS) is 18.3. The first kappa shape index (κ1) is 19.7. The summed E-state index contributed by atoms with van der Waals surface area (Å²) in [6, 6.07) is 3.14. The largest absolute Gasteiger partial charge is 0.416 e. The second-order valence-corrected chi connectivity index (χ2v) is 7.33. The van der Waals surface area contributed by atoms with Crippen LogP contribution in [0, 0.1) is 5.92 Å². The summed E-state index contributed by atoms with van der Waals surface area (Å²) in [6.07, 6.45) is -3.64. The van der Waals surface area contributed by atoms with Gasteiger partial charge in [-0.05, 0) is 51.8 Å². The van der Waals surface area contributed by atoms with Crippen LogP contribution in [0.25, 0.3) is 0 Å². The summed E-state index contributed by atoms with van der Waals surface area (Å²) in [7, 11) is 0. The molecule has 1 aliphatic heterocycles. The Morgan fingerprint density at radius 3 is 2.32 bits per heavy atom. The maximum atomic E-state index is 12.9. The molecular formula is C18H24F3NO3. The summed E-state index contributed by atoms with van der Waals surface area (Å²) in [6.45, 7) is 6.47. The monoisotopic (exact) mass is 359 g/mol. The fourth-order valence-corrected chi connectivity index (χ4v) is 2.98. The minimum Gasteiger partial charge on any atom is -0.371 e. The molecule has 0 aliphatic carbocycles. The molecule has 0 amide bonds. The van der Waals surface area contributed by atoms with E-state index in [1.807, 2.05) is 20.8 Å². The van der Waals surface area contributed by atoms with Crippen molar-refractivity contribution in [3.63, 3.8) is 0 Å². The highest BCUT2D eigenvalue weighted by Gasteiger charge is 2.33. The second kappa shape index (κ2) is 7.33. The highest BCUT2D eigenvalue weighted by atomic mass is 19.4. The molecule has 25 heavy (non-hydrogen) atoms. The summed E-state index contributed by atoms with van der Waals surface area (Å²) in [5.74, 6) is -0.0824. The van der Waals surface area contributed by atoms with Gasteiger partial charge in [-0.3, -0.25) is 4.79 Å². The lowest BCUT2D eigenvalue weighted by Gasteiger charge is -2.37. The van der Waals surface area contributed by atoms with Crippen LogP contribution < -0.4 is 4.90 Å². The van der Waals surface area contributed by atoms with Crippen LogP contribution in [-0.4, -0.2) is 36.4 Å². The van der Waals surface area contributed by atoms with Crippen molar-refractivity contribution in [3.8, 4) is 0 Å². The van der Waals surface area contributed by atoms with Crippen LogP contribution in [-0.2, 0) is 10.9 Å². The van der Waals surface area contributed by atoms with Crippen LogP contribution in [0.1, 0.15) is 49.5 Å². The molecular weight excluding hydrogens is 335 g/mol. The highest BCUT2D eigenvalue weighted by molar-refractivity contribution is 5.85. The number of ether oxygens (including phenoxy) is 1. The lowest BCUT2D eigenvalue weighted by atomic mass is 9.94. The van der Waals surface area contributed by atoms with Gasteiger partial charge in [-0.2, -0.15) is 13.2 Å². The Morgan fingerprint density at radius 1 is 1.24 bits per heavy atom. The number of aliphatic hydroxyl groups excluding tert-OH is 1. The van der Waals surface area contributed by atoms with E-state index in [4.69, 9.17) is 4.74 Å². The molecule has 1 aromatic carbocycles. The molecule has 0 spiro atoms. The summed E-state index contributed by atoms with van der Waals surface area (Å²) < 4.78 is 44.4. The Bertz CT molecular complexity index is 603. The predicted octanol–water partition coefficient (Wildman–Crippen LogP) is 3.87. The number of rotatable bonds is 4. The predicted molar refractivity (Wildman–Crippen MR) is 88.6 cm³/mol. The van der Waals surface area contributed by atoms with Crippen molar-refractivity contribution in [2.24, 2.45) is 5.92 Å². The second-order valence-electron chi connectivity index (χ2n) is 7.33. The van der Waals surface area contributed by atoms with Gasteiger partial charge in [0.1, 0.15) is 0 Å². The molecule has 1 N–H and O–H groups in total. The van der Waals surface area contributed by atoms with Crippen LogP contribution in [0.3, 0.4) is 0 Å². The van der Waals surface area contributed by atoms with E-state index in [0.29, 0.717) is 32.2 Å². The number of carbonyl (C=O) groups is 1. The highest BCUT2D eigenvalue weighted by Crippen LogP contribution is 2.35. The zero-order chi connectivity index (χ0) is 18.8. The molecule has 7 heteroatoms. The Kier molecular flexibility index (Phi) is 5.79. The van der Waals surface area contributed by atoms with E-state index < -0.39 is 23.6 Å². The number of benzene rings is 1. The summed E-state index contributed by atoms with van der Waals surface area (Å²) in [5, 5.41) is 10.2. The zero-order valence-electron chi connectivity index (χ0n) is 14.6. The van der Waals surface area contributed by atoms with Gasteiger partial charge in [0.15, 0.2) is 12.6 Å². The number of aldehydes is 1. The number of hydrogen-bond acceptors (Lipinski definition) is 4. The average Bonchev–Trinajstić information content (AvgIpc) is 2.52. The summed E-state index contributed by atoms with van der Waals surface area (Å²) in [4.78, 5) is 13.0. The van der Waals surface area contributed by atoms with Gasteiger partial charge in [0.25, 0.3) is 0 Å². The molecule has 140 valence electrons. The molecule has 1 aliphatic rings. The number of alkyl halides is 3. The van der Waals surface area contributed by atoms with E-state index in [1.54, 1.807) is 4.90 Å². The van der Waals surface area contributed by atoms with E-state index in [1.165, 1.54) is 6.07 Å². The third-order valence-corrected chi connectivity index (χ3v) is 4.24. The van der Waals surface area contributed by atoms with Gasteiger partial charge in [0.2, 0.25) is 0 Å². The first-order valence-electron chi connectivity index (χ1n) is 8.28. The quantitative estimate of drug-likeness (QED) is 0.655. The number of aliphatic hydroxyl groups is 1. The number of halogens is 3. The van der Waals surface area contributed by atoms with Crippen LogP contribution in [0.4, 0.5) is 18.9 Å². The van der Waals surface area contributed by atoms with Crippen molar-refractivity contribution in [2.75, 3.05) is 18.0 Å². The van der Waals surface area contributed by atoms with Crippen LogP contribution in [0.5, 0.6) is 0 Å². The number of piperidine rings is 1. The Morgan fingerprint density at radius 2 is 1.84 bits per heavy atom. The molecule has 1 aromatic rings. The van der Waals surface area contributed by atoms with Crippen molar-refractivity contribution in [1.29, 1.82) is 0 Å². The standard InChI is InChI=1S/C18H24F3NO3/c1-17(2,3)25-16(24)12-6-8-22(9-7-12)15-10-14(18(19,20)21)5-4-13(15)11-23/h4-5,10-12,16,24H,6-9H2,1-3H3. The SMILES string of the molecule is CC(C)(C)OC(O)C1CCN(c2cc(C(F)(F)F)ccc2C=O)CC1. The van der Waals surface area contributed by atoms with Crippen molar-refractivity contribution in [2.45, 2.75) is 51.7 Å². The smallest absolute Gasteiger partial charge is 0.371 e. The third-order valence-electron chi connectivity index (χ3n) is 4.24. The van der Waals surface area contributed by atoms with E-state index in [9.17, 15) is 23.1 Å². The van der Waals surface area contributed by atoms with Crippen LogP contribution in [0.2, 0.25) is 0 Å². The summed E-state index contributed by atoms with van der Waals surface area (Å²) in [5.41, 5.74) is -0.721. The molecule has 4 nitrogen and oxygen atoms in total. The Balaban J connectivity index is 2.11. The van der Waals surface area contributed by atoms with Crippen molar-refractivity contribution < 1.29 is 27.8 Å². The molecule has 2 rings (SSSR count). The number of anilines is 1. The minimum absolute atomic E-state index is 0.0824. The molecule has 0 saturated carbocycles. The third kappa shape index (κ3) is 5.19.